The first-order valence-corrected chi connectivity index (χ1v) is 9.77. The maximum atomic E-state index is 13.1. The number of nitrogens with zero attached hydrogens (tertiary/aromatic N) is 2. The lowest BCUT2D eigenvalue weighted by Crippen LogP contribution is -2.50. The summed E-state index contributed by atoms with van der Waals surface area (Å²) >= 11 is 5.91. The minimum Gasteiger partial charge on any atom is -0.327 e. The van der Waals surface area contributed by atoms with Gasteiger partial charge in [-0.05, 0) is 43.2 Å². The van der Waals surface area contributed by atoms with E-state index in [0.29, 0.717) is 17.1 Å². The molecule has 0 aromatic heterocycles. The Bertz CT molecular complexity index is 867. The highest BCUT2D eigenvalue weighted by Gasteiger charge is 2.45. The van der Waals surface area contributed by atoms with Gasteiger partial charge in [0.25, 0.3) is 5.91 Å². The Labute approximate surface area is 169 Å². The van der Waals surface area contributed by atoms with Crippen molar-refractivity contribution in [2.24, 2.45) is 0 Å². The summed E-state index contributed by atoms with van der Waals surface area (Å²) in [4.78, 5) is 41.5. The quantitative estimate of drug-likeness (QED) is 0.694. The minimum atomic E-state index is -0.783. The van der Waals surface area contributed by atoms with Gasteiger partial charge < -0.3 is 4.90 Å². The first-order chi connectivity index (χ1) is 13.4. The van der Waals surface area contributed by atoms with Gasteiger partial charge >= 0.3 is 0 Å². The van der Waals surface area contributed by atoms with Crippen molar-refractivity contribution in [3.8, 4) is 0 Å². The van der Waals surface area contributed by atoms with E-state index in [1.165, 1.54) is 0 Å². The maximum Gasteiger partial charge on any atom is 0.257 e. The molecule has 2 aromatic carbocycles. The number of carbonyl (C=O) groups excluding carboxylic acids is 3. The molecule has 1 aliphatic heterocycles. The summed E-state index contributed by atoms with van der Waals surface area (Å²) in [5.41, 5.74) is 1.36. The fourth-order valence-corrected chi connectivity index (χ4v) is 3.61. The molecule has 1 aliphatic rings. The number of halogens is 1. The molecule has 2 atom stereocenters. The number of anilines is 1. The fraction of sp³-hybridized carbons (Fsp3) is 0.318. The van der Waals surface area contributed by atoms with E-state index < -0.39 is 6.04 Å². The smallest absolute Gasteiger partial charge is 0.257 e. The average molecular weight is 399 g/mol. The molecule has 3 rings (SSSR count). The Morgan fingerprint density at radius 2 is 1.79 bits per heavy atom. The van der Waals surface area contributed by atoms with Crippen LogP contribution in [0.1, 0.15) is 32.3 Å². The Hall–Kier alpha value is -2.66. The van der Waals surface area contributed by atoms with Crippen molar-refractivity contribution in [2.45, 2.75) is 45.2 Å². The van der Waals surface area contributed by atoms with Crippen LogP contribution in [0.15, 0.2) is 54.6 Å². The lowest BCUT2D eigenvalue weighted by molar-refractivity contribution is -0.140. The van der Waals surface area contributed by atoms with Crippen LogP contribution in [-0.2, 0) is 20.8 Å². The Morgan fingerprint density at radius 1 is 1.14 bits per heavy atom. The van der Waals surface area contributed by atoms with Crippen LogP contribution in [0.5, 0.6) is 0 Å². The van der Waals surface area contributed by atoms with Crippen LogP contribution in [0.3, 0.4) is 0 Å². The van der Waals surface area contributed by atoms with Crippen LogP contribution in [0.4, 0.5) is 5.69 Å². The monoisotopic (exact) mass is 398 g/mol. The second-order valence-electron chi connectivity index (χ2n) is 6.98. The predicted molar refractivity (Wildman–Crippen MR) is 109 cm³/mol. The van der Waals surface area contributed by atoms with E-state index in [0.717, 1.165) is 10.5 Å². The van der Waals surface area contributed by atoms with Crippen molar-refractivity contribution >= 4 is 35.0 Å². The Kier molecular flexibility index (Phi) is 6.15. The molecule has 1 saturated heterocycles. The fourth-order valence-electron chi connectivity index (χ4n) is 3.48. The minimum absolute atomic E-state index is 0.00761. The molecule has 2 unspecified atom stereocenters. The van der Waals surface area contributed by atoms with Gasteiger partial charge in [-0.3, -0.25) is 14.4 Å². The van der Waals surface area contributed by atoms with E-state index in [9.17, 15) is 14.4 Å². The third-order valence-corrected chi connectivity index (χ3v) is 5.35. The number of imide groups is 1. The normalized spacial score (nSPS) is 17.7. The molecule has 0 N–H and O–H groups in total. The molecule has 1 heterocycles. The molecule has 0 radical (unpaired) electrons. The molecule has 0 spiro atoms. The summed E-state index contributed by atoms with van der Waals surface area (Å²) in [6.45, 7) is 3.87. The van der Waals surface area contributed by atoms with Gasteiger partial charge in [0.2, 0.25) is 11.8 Å². The molecular weight excluding hydrogens is 376 g/mol. The van der Waals surface area contributed by atoms with Gasteiger partial charge in [-0.25, -0.2) is 4.90 Å². The summed E-state index contributed by atoms with van der Waals surface area (Å²) in [6, 6.07) is 15.0. The number of amides is 3. The molecule has 0 aliphatic carbocycles. The maximum absolute atomic E-state index is 13.1. The van der Waals surface area contributed by atoms with Gasteiger partial charge in [0.15, 0.2) is 0 Å². The van der Waals surface area contributed by atoms with Crippen LogP contribution < -0.4 is 4.90 Å². The zero-order valence-electron chi connectivity index (χ0n) is 16.0. The van der Waals surface area contributed by atoms with Crippen molar-refractivity contribution in [1.82, 2.24) is 4.90 Å². The highest BCUT2D eigenvalue weighted by molar-refractivity contribution is 6.30. The first kappa shape index (κ1) is 20.1. The number of carbonyl (C=O) groups is 3. The second kappa shape index (κ2) is 8.57. The van der Waals surface area contributed by atoms with E-state index in [4.69, 9.17) is 11.6 Å². The van der Waals surface area contributed by atoms with Crippen molar-refractivity contribution in [1.29, 1.82) is 0 Å². The Morgan fingerprint density at radius 3 is 2.39 bits per heavy atom. The van der Waals surface area contributed by atoms with Crippen LogP contribution in [0.25, 0.3) is 0 Å². The van der Waals surface area contributed by atoms with E-state index >= 15 is 0 Å². The van der Waals surface area contributed by atoms with Crippen molar-refractivity contribution < 1.29 is 14.4 Å². The summed E-state index contributed by atoms with van der Waals surface area (Å²) in [7, 11) is 0. The predicted octanol–water partition coefficient (Wildman–Crippen LogP) is 3.84. The lowest BCUT2D eigenvalue weighted by Gasteiger charge is -2.33. The van der Waals surface area contributed by atoms with Crippen molar-refractivity contribution in [2.75, 3.05) is 4.90 Å². The zero-order chi connectivity index (χ0) is 20.3. The standard InChI is InChI=1S/C22H23ClN2O3/c1-3-15(2)24(20(26)13-16-7-5-4-6-8-16)19-14-21(27)25(22(19)28)18-11-9-17(23)10-12-18/h4-12,15,19H,3,13-14H2,1-2H3. The van der Waals surface area contributed by atoms with Crippen molar-refractivity contribution in [3.63, 3.8) is 0 Å². The van der Waals surface area contributed by atoms with Gasteiger partial charge in [-0.1, -0.05) is 48.9 Å². The summed E-state index contributed by atoms with van der Waals surface area (Å²) in [6.07, 6.45) is 0.885. The lowest BCUT2D eigenvalue weighted by atomic mass is 10.1. The highest BCUT2D eigenvalue weighted by atomic mass is 35.5. The van der Waals surface area contributed by atoms with E-state index in [1.54, 1.807) is 29.2 Å². The molecule has 3 amide bonds. The number of hydrogen-bond acceptors (Lipinski definition) is 3. The summed E-state index contributed by atoms with van der Waals surface area (Å²) < 4.78 is 0. The molecule has 0 saturated carbocycles. The topological polar surface area (TPSA) is 57.7 Å². The molecule has 146 valence electrons. The average Bonchev–Trinajstić information content (AvgIpc) is 2.97. The molecular formula is C22H23ClN2O3. The van der Waals surface area contributed by atoms with Crippen molar-refractivity contribution in [3.05, 3.63) is 65.2 Å². The molecule has 28 heavy (non-hydrogen) atoms. The van der Waals surface area contributed by atoms with Crippen LogP contribution >= 0.6 is 11.6 Å². The third-order valence-electron chi connectivity index (χ3n) is 5.10. The molecule has 5 nitrogen and oxygen atoms in total. The molecule has 6 heteroatoms. The largest absolute Gasteiger partial charge is 0.327 e. The van der Waals surface area contributed by atoms with Crippen LogP contribution in [0.2, 0.25) is 5.02 Å². The molecule has 1 fully saturated rings. The van der Waals surface area contributed by atoms with E-state index in [2.05, 4.69) is 0 Å². The second-order valence-corrected chi connectivity index (χ2v) is 7.42. The van der Waals surface area contributed by atoms with E-state index in [1.807, 2.05) is 44.2 Å². The third kappa shape index (κ3) is 4.09. The van der Waals surface area contributed by atoms with Crippen LogP contribution in [0, 0.1) is 0 Å². The molecule has 2 aromatic rings. The van der Waals surface area contributed by atoms with E-state index in [-0.39, 0.29) is 36.6 Å². The van der Waals surface area contributed by atoms with Gasteiger partial charge in [0, 0.05) is 11.1 Å². The highest BCUT2D eigenvalue weighted by Crippen LogP contribution is 2.28. The summed E-state index contributed by atoms with van der Waals surface area (Å²) in [5, 5.41) is 0.527. The number of rotatable bonds is 6. The number of hydrogen-bond donors (Lipinski definition) is 0. The SMILES string of the molecule is CCC(C)N(C(=O)Cc1ccccc1)C1CC(=O)N(c2ccc(Cl)cc2)C1=O. The van der Waals surface area contributed by atoms with Gasteiger partial charge in [0.05, 0.1) is 18.5 Å². The summed E-state index contributed by atoms with van der Waals surface area (Å²) in [5.74, 6) is -0.822. The number of benzene rings is 2. The zero-order valence-corrected chi connectivity index (χ0v) is 16.7. The van der Waals surface area contributed by atoms with Gasteiger partial charge in [-0.2, -0.15) is 0 Å². The Balaban J connectivity index is 1.86. The first-order valence-electron chi connectivity index (χ1n) is 9.39. The molecule has 0 bridgehead atoms. The van der Waals surface area contributed by atoms with Crippen LogP contribution in [-0.4, -0.2) is 34.7 Å². The van der Waals surface area contributed by atoms with Gasteiger partial charge in [0.1, 0.15) is 6.04 Å². The van der Waals surface area contributed by atoms with Gasteiger partial charge in [-0.15, -0.1) is 0 Å².